The largest absolute Gasteiger partial charge is 0.493 e. The Hall–Kier alpha value is -3.02. The first kappa shape index (κ1) is 19.3. The molecule has 2 aromatic carbocycles. The minimum atomic E-state index is -0.968. The highest BCUT2D eigenvalue weighted by molar-refractivity contribution is 5.95. The molecule has 0 amide bonds. The fourth-order valence-corrected chi connectivity index (χ4v) is 2.61. The number of ether oxygens (including phenoxy) is 1. The van der Waals surface area contributed by atoms with Crippen LogP contribution in [0.5, 0.6) is 5.75 Å². The van der Waals surface area contributed by atoms with Gasteiger partial charge in [0.25, 0.3) is 0 Å². The van der Waals surface area contributed by atoms with Gasteiger partial charge in [0.2, 0.25) is 0 Å². The summed E-state index contributed by atoms with van der Waals surface area (Å²) in [5.74, 6) is -0.195. The summed E-state index contributed by atoms with van der Waals surface area (Å²) >= 11 is 0. The van der Waals surface area contributed by atoms with Crippen molar-refractivity contribution < 1.29 is 14.6 Å². The standard InChI is InChI=1S/C20H25N3O3/c1-3-11-26-17-10-7-15(12-13(17)4-2)18(20(24)25)23-16-8-5-14(6-9-16)19(21)22/h5-10,12,18,23H,3-4,11H2,1-2H3,(H3,21,22)(H,24,25). The Kier molecular flexibility index (Phi) is 6.60. The van der Waals surface area contributed by atoms with E-state index in [0.717, 1.165) is 24.2 Å². The molecular formula is C20H25N3O3. The van der Waals surface area contributed by atoms with Gasteiger partial charge in [0, 0.05) is 11.3 Å². The third-order valence-corrected chi connectivity index (χ3v) is 4.01. The number of carboxylic acids is 1. The molecule has 26 heavy (non-hydrogen) atoms. The van der Waals surface area contributed by atoms with Gasteiger partial charge in [-0.15, -0.1) is 0 Å². The average Bonchev–Trinajstić information content (AvgIpc) is 2.64. The van der Waals surface area contributed by atoms with E-state index in [0.29, 0.717) is 23.4 Å². The summed E-state index contributed by atoms with van der Waals surface area (Å²) in [6.45, 7) is 4.69. The fraction of sp³-hybridized carbons (Fsp3) is 0.300. The molecule has 5 N–H and O–H groups in total. The number of carboxylic acid groups (broad SMARTS) is 1. The van der Waals surface area contributed by atoms with Crippen LogP contribution in [-0.4, -0.2) is 23.5 Å². The van der Waals surface area contributed by atoms with Gasteiger partial charge in [-0.25, -0.2) is 4.79 Å². The van der Waals surface area contributed by atoms with Gasteiger partial charge < -0.3 is 20.9 Å². The molecule has 0 aliphatic heterocycles. The zero-order valence-corrected chi connectivity index (χ0v) is 15.1. The third kappa shape index (κ3) is 4.75. The number of anilines is 1. The number of hydrogen-bond acceptors (Lipinski definition) is 4. The van der Waals surface area contributed by atoms with Gasteiger partial charge in [-0.1, -0.05) is 19.9 Å². The average molecular weight is 355 g/mol. The number of nitrogen functional groups attached to an aromatic ring is 1. The minimum Gasteiger partial charge on any atom is -0.493 e. The second kappa shape index (κ2) is 8.89. The van der Waals surface area contributed by atoms with E-state index in [2.05, 4.69) is 5.32 Å². The molecular weight excluding hydrogens is 330 g/mol. The summed E-state index contributed by atoms with van der Waals surface area (Å²) in [5, 5.41) is 20.1. The number of hydrogen-bond donors (Lipinski definition) is 4. The monoisotopic (exact) mass is 355 g/mol. The number of nitrogens with one attached hydrogen (secondary N) is 2. The minimum absolute atomic E-state index is 0.0263. The molecule has 6 heteroatoms. The molecule has 0 spiro atoms. The van der Waals surface area contributed by atoms with Crippen LogP contribution in [0, 0.1) is 5.41 Å². The quantitative estimate of drug-likeness (QED) is 0.406. The molecule has 6 nitrogen and oxygen atoms in total. The number of aryl methyl sites for hydroxylation is 1. The van der Waals surface area contributed by atoms with Crippen molar-refractivity contribution >= 4 is 17.5 Å². The van der Waals surface area contributed by atoms with E-state index in [1.54, 1.807) is 30.3 Å². The Labute approximate surface area is 153 Å². The molecule has 0 aromatic heterocycles. The molecule has 1 unspecified atom stereocenters. The van der Waals surface area contributed by atoms with Gasteiger partial charge >= 0.3 is 5.97 Å². The lowest BCUT2D eigenvalue weighted by Gasteiger charge is -2.19. The highest BCUT2D eigenvalue weighted by Crippen LogP contribution is 2.27. The Morgan fingerprint density at radius 3 is 2.46 bits per heavy atom. The number of aliphatic carboxylic acids is 1. The maximum atomic E-state index is 11.8. The van der Waals surface area contributed by atoms with Crippen LogP contribution < -0.4 is 15.8 Å². The van der Waals surface area contributed by atoms with Gasteiger partial charge in [0.1, 0.15) is 11.6 Å². The van der Waals surface area contributed by atoms with Crippen molar-refractivity contribution in [1.82, 2.24) is 0 Å². The van der Waals surface area contributed by atoms with E-state index < -0.39 is 12.0 Å². The van der Waals surface area contributed by atoms with Gasteiger partial charge in [0.15, 0.2) is 6.04 Å². The van der Waals surface area contributed by atoms with Crippen LogP contribution in [0.1, 0.15) is 43.0 Å². The number of amidine groups is 1. The second-order valence-electron chi connectivity index (χ2n) is 5.98. The molecule has 0 saturated carbocycles. The van der Waals surface area contributed by atoms with Gasteiger partial charge in [-0.2, -0.15) is 0 Å². The van der Waals surface area contributed by atoms with Crippen LogP contribution in [0.4, 0.5) is 5.69 Å². The van der Waals surface area contributed by atoms with E-state index in [4.69, 9.17) is 15.9 Å². The van der Waals surface area contributed by atoms with Crippen LogP contribution in [0.3, 0.4) is 0 Å². The molecule has 0 bridgehead atoms. The SMILES string of the molecule is CCCOc1ccc(C(Nc2ccc(C(=N)N)cc2)C(=O)O)cc1CC. The Balaban J connectivity index is 2.26. The number of carbonyl (C=O) groups is 1. The van der Waals surface area contributed by atoms with Crippen molar-refractivity contribution in [1.29, 1.82) is 5.41 Å². The molecule has 0 heterocycles. The summed E-state index contributed by atoms with van der Waals surface area (Å²) in [6.07, 6.45) is 1.67. The zero-order chi connectivity index (χ0) is 19.1. The predicted octanol–water partition coefficient (Wildman–Crippen LogP) is 3.56. The fourth-order valence-electron chi connectivity index (χ4n) is 2.61. The zero-order valence-electron chi connectivity index (χ0n) is 15.1. The van der Waals surface area contributed by atoms with Gasteiger partial charge in [-0.05, 0) is 60.4 Å². The van der Waals surface area contributed by atoms with Crippen molar-refractivity contribution in [3.8, 4) is 5.75 Å². The maximum absolute atomic E-state index is 11.8. The topological polar surface area (TPSA) is 108 Å². The third-order valence-electron chi connectivity index (χ3n) is 4.01. The van der Waals surface area contributed by atoms with E-state index in [1.165, 1.54) is 0 Å². The predicted molar refractivity (Wildman–Crippen MR) is 103 cm³/mol. The first-order valence-electron chi connectivity index (χ1n) is 8.65. The first-order valence-corrected chi connectivity index (χ1v) is 8.65. The van der Waals surface area contributed by atoms with Crippen molar-refractivity contribution in [3.63, 3.8) is 0 Å². The van der Waals surface area contributed by atoms with Crippen LogP contribution in [0.15, 0.2) is 42.5 Å². The first-order chi connectivity index (χ1) is 12.5. The van der Waals surface area contributed by atoms with Crippen molar-refractivity contribution in [2.75, 3.05) is 11.9 Å². The van der Waals surface area contributed by atoms with Crippen molar-refractivity contribution in [3.05, 3.63) is 59.2 Å². The molecule has 0 fully saturated rings. The Morgan fingerprint density at radius 2 is 1.92 bits per heavy atom. The van der Waals surface area contributed by atoms with Crippen molar-refractivity contribution in [2.45, 2.75) is 32.7 Å². The summed E-state index contributed by atoms with van der Waals surface area (Å²) < 4.78 is 5.73. The van der Waals surface area contributed by atoms with Gasteiger partial charge in [-0.3, -0.25) is 5.41 Å². The van der Waals surface area contributed by atoms with Crippen LogP contribution >= 0.6 is 0 Å². The van der Waals surface area contributed by atoms with E-state index >= 15 is 0 Å². The van der Waals surface area contributed by atoms with Crippen LogP contribution in [0.2, 0.25) is 0 Å². The summed E-state index contributed by atoms with van der Waals surface area (Å²) in [4.78, 5) is 11.8. The maximum Gasteiger partial charge on any atom is 0.330 e. The summed E-state index contributed by atoms with van der Waals surface area (Å²) in [5.41, 5.74) is 8.32. The molecule has 2 aromatic rings. The lowest BCUT2D eigenvalue weighted by Crippen LogP contribution is -2.21. The van der Waals surface area contributed by atoms with E-state index in [9.17, 15) is 9.90 Å². The Morgan fingerprint density at radius 1 is 1.23 bits per heavy atom. The smallest absolute Gasteiger partial charge is 0.330 e. The van der Waals surface area contributed by atoms with Crippen LogP contribution in [-0.2, 0) is 11.2 Å². The Bertz CT molecular complexity index is 772. The summed E-state index contributed by atoms with van der Waals surface area (Å²) in [7, 11) is 0. The highest BCUT2D eigenvalue weighted by atomic mass is 16.5. The lowest BCUT2D eigenvalue weighted by molar-refractivity contribution is -0.138. The lowest BCUT2D eigenvalue weighted by atomic mass is 10.0. The number of nitrogens with two attached hydrogens (primary N) is 1. The molecule has 0 aliphatic carbocycles. The highest BCUT2D eigenvalue weighted by Gasteiger charge is 2.21. The molecule has 0 radical (unpaired) electrons. The number of benzene rings is 2. The molecule has 0 saturated heterocycles. The molecule has 2 rings (SSSR count). The molecule has 138 valence electrons. The van der Waals surface area contributed by atoms with Crippen LogP contribution in [0.25, 0.3) is 0 Å². The molecule has 0 aliphatic rings. The van der Waals surface area contributed by atoms with Gasteiger partial charge in [0.05, 0.1) is 6.61 Å². The van der Waals surface area contributed by atoms with Crippen molar-refractivity contribution in [2.24, 2.45) is 5.73 Å². The van der Waals surface area contributed by atoms with E-state index in [1.807, 2.05) is 26.0 Å². The normalized spacial score (nSPS) is 11.6. The summed E-state index contributed by atoms with van der Waals surface area (Å²) in [6, 6.07) is 11.4. The second-order valence-corrected chi connectivity index (χ2v) is 5.98. The van der Waals surface area contributed by atoms with E-state index in [-0.39, 0.29) is 5.84 Å². The number of rotatable bonds is 9. The molecule has 1 atom stereocenters.